The molecule has 0 aliphatic rings. The summed E-state index contributed by atoms with van der Waals surface area (Å²) in [7, 11) is -3.74. The largest absolute Gasteiger partial charge is 0.361 e. The number of hydrogen-bond donors (Lipinski definition) is 3. The average Bonchev–Trinajstić information content (AvgIpc) is 3.32. The van der Waals surface area contributed by atoms with Gasteiger partial charge in [0, 0.05) is 35.8 Å². The number of hydrogen-bond acceptors (Lipinski definition) is 6. The van der Waals surface area contributed by atoms with Gasteiger partial charge in [-0.1, -0.05) is 6.07 Å². The minimum Gasteiger partial charge on any atom is -0.361 e. The first kappa shape index (κ1) is 17.6. The number of carbonyl (C=O) groups excluding carboxylic acids is 1. The second-order valence-corrected chi connectivity index (χ2v) is 8.09. The predicted octanol–water partition coefficient (Wildman–Crippen LogP) is 1.88. The Morgan fingerprint density at radius 3 is 2.89 bits per heavy atom. The molecular weight excluding hydrogens is 386 g/mol. The van der Waals surface area contributed by atoms with Crippen LogP contribution in [0.1, 0.15) is 10.4 Å². The lowest BCUT2D eigenvalue weighted by Gasteiger charge is -2.08. The molecule has 0 radical (unpaired) electrons. The number of amides is 1. The summed E-state index contributed by atoms with van der Waals surface area (Å²) in [6, 6.07) is 12.0. The van der Waals surface area contributed by atoms with Crippen LogP contribution in [0.25, 0.3) is 21.9 Å². The maximum absolute atomic E-state index is 12.5. The third-order valence-electron chi connectivity index (χ3n) is 4.06. The number of fused-ring (bicyclic) bond motifs is 2. The molecule has 0 atom stereocenters. The molecule has 0 spiro atoms. The maximum Gasteiger partial charge on any atom is 0.251 e. The summed E-state index contributed by atoms with van der Waals surface area (Å²) in [5.74, 6) is -0.261. The maximum atomic E-state index is 12.5. The van der Waals surface area contributed by atoms with Gasteiger partial charge in [0.15, 0.2) is 0 Å². The van der Waals surface area contributed by atoms with Crippen molar-refractivity contribution in [2.45, 2.75) is 4.90 Å². The Morgan fingerprint density at radius 1 is 1.11 bits per heavy atom. The van der Waals surface area contributed by atoms with Crippen molar-refractivity contribution in [2.24, 2.45) is 0 Å². The molecule has 138 valence electrons. The molecule has 2 aromatic carbocycles. The molecule has 0 unspecified atom stereocenters. The highest BCUT2D eigenvalue weighted by molar-refractivity contribution is 7.89. The van der Waals surface area contributed by atoms with Gasteiger partial charge in [0.1, 0.15) is 15.9 Å². The van der Waals surface area contributed by atoms with Gasteiger partial charge in [-0.2, -0.15) is 8.75 Å². The summed E-state index contributed by atoms with van der Waals surface area (Å²) in [5, 5.41) is 3.65. The third kappa shape index (κ3) is 3.54. The number of sulfonamides is 1. The van der Waals surface area contributed by atoms with Gasteiger partial charge < -0.3 is 10.3 Å². The fourth-order valence-corrected chi connectivity index (χ4v) is 4.53. The molecule has 10 heteroatoms. The summed E-state index contributed by atoms with van der Waals surface area (Å²) in [4.78, 5) is 15.4. The van der Waals surface area contributed by atoms with Gasteiger partial charge in [-0.3, -0.25) is 4.79 Å². The summed E-state index contributed by atoms with van der Waals surface area (Å²) < 4.78 is 35.5. The standard InChI is InChI=1S/C17H15N5O3S2/c23-17(12-4-5-13-11(10-12)6-7-18-13)19-8-9-20-27(24,25)15-3-1-2-14-16(15)22-26-21-14/h1-7,10,18,20H,8-9H2,(H,19,23). The Kier molecular flexibility index (Phi) is 4.60. The van der Waals surface area contributed by atoms with Gasteiger partial charge >= 0.3 is 0 Å². The molecule has 0 aliphatic carbocycles. The van der Waals surface area contributed by atoms with E-state index in [9.17, 15) is 13.2 Å². The monoisotopic (exact) mass is 401 g/mol. The van der Waals surface area contributed by atoms with E-state index < -0.39 is 10.0 Å². The van der Waals surface area contributed by atoms with E-state index in [0.29, 0.717) is 16.6 Å². The minimum absolute atomic E-state index is 0.0639. The van der Waals surface area contributed by atoms with Crippen molar-refractivity contribution in [1.82, 2.24) is 23.8 Å². The van der Waals surface area contributed by atoms with E-state index in [-0.39, 0.29) is 23.9 Å². The Labute approximate surface area is 159 Å². The van der Waals surface area contributed by atoms with Gasteiger partial charge in [-0.15, -0.1) is 0 Å². The van der Waals surface area contributed by atoms with Crippen LogP contribution in [0.5, 0.6) is 0 Å². The van der Waals surface area contributed by atoms with Crippen LogP contribution in [-0.2, 0) is 10.0 Å². The van der Waals surface area contributed by atoms with Crippen molar-refractivity contribution >= 4 is 49.6 Å². The zero-order valence-corrected chi connectivity index (χ0v) is 15.6. The Hall–Kier alpha value is -2.82. The van der Waals surface area contributed by atoms with Crippen LogP contribution in [0.15, 0.2) is 53.6 Å². The number of aromatic nitrogens is 3. The van der Waals surface area contributed by atoms with Gasteiger partial charge in [-0.25, -0.2) is 13.1 Å². The highest BCUT2D eigenvalue weighted by atomic mass is 32.2. The van der Waals surface area contributed by atoms with Gasteiger partial charge in [0.2, 0.25) is 10.0 Å². The molecule has 2 heterocycles. The van der Waals surface area contributed by atoms with Crippen LogP contribution in [-0.4, -0.2) is 41.1 Å². The normalized spacial score (nSPS) is 11.9. The lowest BCUT2D eigenvalue weighted by Crippen LogP contribution is -2.34. The van der Waals surface area contributed by atoms with Crippen molar-refractivity contribution in [3.8, 4) is 0 Å². The number of carbonyl (C=O) groups is 1. The number of aromatic amines is 1. The zero-order chi connectivity index (χ0) is 18.9. The van der Waals surface area contributed by atoms with Crippen LogP contribution in [0.2, 0.25) is 0 Å². The smallest absolute Gasteiger partial charge is 0.251 e. The quantitative estimate of drug-likeness (QED) is 0.427. The van der Waals surface area contributed by atoms with Crippen LogP contribution in [0.3, 0.4) is 0 Å². The minimum atomic E-state index is -3.74. The van der Waals surface area contributed by atoms with E-state index in [1.807, 2.05) is 12.1 Å². The van der Waals surface area contributed by atoms with Crippen molar-refractivity contribution in [2.75, 3.05) is 13.1 Å². The lowest BCUT2D eigenvalue weighted by atomic mass is 10.1. The average molecular weight is 401 g/mol. The number of nitrogens with one attached hydrogen (secondary N) is 3. The molecule has 0 aliphatic heterocycles. The fraction of sp³-hybridized carbons (Fsp3) is 0.118. The predicted molar refractivity (Wildman–Crippen MR) is 103 cm³/mol. The van der Waals surface area contributed by atoms with Crippen molar-refractivity contribution in [3.05, 3.63) is 54.2 Å². The fourth-order valence-electron chi connectivity index (χ4n) is 2.73. The molecular formula is C17H15N5O3S2. The Morgan fingerprint density at radius 2 is 2.00 bits per heavy atom. The molecule has 0 fully saturated rings. The molecule has 3 N–H and O–H groups in total. The Balaban J connectivity index is 1.37. The molecule has 0 saturated carbocycles. The van der Waals surface area contributed by atoms with Gasteiger partial charge in [0.25, 0.3) is 5.91 Å². The number of H-pyrrole nitrogens is 1. The molecule has 4 rings (SSSR count). The van der Waals surface area contributed by atoms with Crippen LogP contribution in [0.4, 0.5) is 0 Å². The van der Waals surface area contributed by atoms with Crippen LogP contribution < -0.4 is 10.0 Å². The van der Waals surface area contributed by atoms with Crippen molar-refractivity contribution in [1.29, 1.82) is 0 Å². The van der Waals surface area contributed by atoms with E-state index in [1.165, 1.54) is 6.07 Å². The van der Waals surface area contributed by atoms with Gasteiger partial charge in [-0.05, 0) is 36.4 Å². The number of benzene rings is 2. The molecule has 1 amide bonds. The summed E-state index contributed by atoms with van der Waals surface area (Å²) in [6.07, 6.45) is 1.81. The second-order valence-electron chi connectivity index (χ2n) is 5.82. The first-order chi connectivity index (χ1) is 13.0. The lowest BCUT2D eigenvalue weighted by molar-refractivity contribution is 0.0954. The first-order valence-corrected chi connectivity index (χ1v) is 10.3. The molecule has 27 heavy (non-hydrogen) atoms. The molecule has 4 aromatic rings. The highest BCUT2D eigenvalue weighted by Gasteiger charge is 2.19. The number of nitrogens with zero attached hydrogens (tertiary/aromatic N) is 2. The number of rotatable bonds is 6. The van der Waals surface area contributed by atoms with Crippen molar-refractivity contribution < 1.29 is 13.2 Å². The molecule has 2 aromatic heterocycles. The second kappa shape index (κ2) is 7.06. The first-order valence-electron chi connectivity index (χ1n) is 8.11. The molecule has 0 bridgehead atoms. The topological polar surface area (TPSA) is 117 Å². The highest BCUT2D eigenvalue weighted by Crippen LogP contribution is 2.20. The summed E-state index contributed by atoms with van der Waals surface area (Å²) in [5.41, 5.74) is 2.35. The Bertz CT molecular complexity index is 1230. The van der Waals surface area contributed by atoms with Crippen molar-refractivity contribution in [3.63, 3.8) is 0 Å². The molecule has 0 saturated heterocycles. The third-order valence-corrected chi connectivity index (χ3v) is 6.09. The van der Waals surface area contributed by atoms with E-state index >= 15 is 0 Å². The van der Waals surface area contributed by atoms with E-state index in [4.69, 9.17) is 0 Å². The van der Waals surface area contributed by atoms with Crippen LogP contribution in [0, 0.1) is 0 Å². The summed E-state index contributed by atoms with van der Waals surface area (Å²) >= 11 is 0.963. The van der Waals surface area contributed by atoms with E-state index in [2.05, 4.69) is 23.8 Å². The molecule has 8 nitrogen and oxygen atoms in total. The zero-order valence-electron chi connectivity index (χ0n) is 14.0. The SMILES string of the molecule is O=C(NCCNS(=O)(=O)c1cccc2nsnc12)c1ccc2[nH]ccc2c1. The van der Waals surface area contributed by atoms with E-state index in [1.54, 1.807) is 30.5 Å². The van der Waals surface area contributed by atoms with Crippen LogP contribution >= 0.6 is 11.7 Å². The summed E-state index contributed by atoms with van der Waals surface area (Å²) in [6.45, 7) is 0.225. The van der Waals surface area contributed by atoms with E-state index in [0.717, 1.165) is 22.6 Å². The van der Waals surface area contributed by atoms with Gasteiger partial charge in [0.05, 0.1) is 11.7 Å².